The van der Waals surface area contributed by atoms with E-state index in [1.165, 1.54) is 28.8 Å². The minimum absolute atomic E-state index is 0.106. The van der Waals surface area contributed by atoms with Crippen molar-refractivity contribution in [2.75, 3.05) is 19.3 Å². The fraction of sp³-hybridized carbons (Fsp3) is 0.429. The molecule has 0 aliphatic rings. The smallest absolute Gasteiger partial charge is 0.308 e. The van der Waals surface area contributed by atoms with Crippen LogP contribution in [0.5, 0.6) is 0 Å². The van der Waals surface area contributed by atoms with Crippen molar-refractivity contribution in [3.63, 3.8) is 0 Å². The van der Waals surface area contributed by atoms with Gasteiger partial charge in [0.1, 0.15) is 5.82 Å². The highest BCUT2D eigenvalue weighted by atomic mass is 32.2. The van der Waals surface area contributed by atoms with Gasteiger partial charge in [0.15, 0.2) is 0 Å². The first-order chi connectivity index (χ1) is 9.40. The molecule has 1 aromatic rings. The Balaban J connectivity index is 2.32. The highest BCUT2D eigenvalue weighted by molar-refractivity contribution is 7.99. The number of aliphatic carboxylic acids is 1. The monoisotopic (exact) mass is 299 g/mol. The number of carboxylic acids is 1. The number of amides is 1. The summed E-state index contributed by atoms with van der Waals surface area (Å²) in [5.41, 5.74) is 0.950. The first-order valence-electron chi connectivity index (χ1n) is 6.19. The van der Waals surface area contributed by atoms with Crippen LogP contribution in [-0.4, -0.2) is 41.2 Å². The zero-order chi connectivity index (χ0) is 15.1. The lowest BCUT2D eigenvalue weighted by Gasteiger charge is -2.19. The maximum Gasteiger partial charge on any atom is 0.308 e. The SMILES string of the molecule is CC(CN(C)C(=O)CSCc1ccc(F)cc1)C(=O)O. The number of thioether (sulfide) groups is 1. The van der Waals surface area contributed by atoms with E-state index < -0.39 is 11.9 Å². The second kappa shape index (κ2) is 7.89. The van der Waals surface area contributed by atoms with Crippen molar-refractivity contribution < 1.29 is 19.1 Å². The quantitative estimate of drug-likeness (QED) is 0.839. The normalized spacial score (nSPS) is 11.9. The molecule has 0 fully saturated rings. The number of nitrogens with zero attached hydrogens (tertiary/aromatic N) is 1. The summed E-state index contributed by atoms with van der Waals surface area (Å²) in [5, 5.41) is 8.79. The summed E-state index contributed by atoms with van der Waals surface area (Å²) in [7, 11) is 1.60. The molecule has 0 aliphatic heterocycles. The largest absolute Gasteiger partial charge is 0.481 e. The third-order valence-electron chi connectivity index (χ3n) is 2.80. The second-order valence-corrected chi connectivity index (χ2v) is 5.62. The first kappa shape index (κ1) is 16.5. The number of carboxylic acid groups (broad SMARTS) is 1. The van der Waals surface area contributed by atoms with Gasteiger partial charge >= 0.3 is 5.97 Å². The highest BCUT2D eigenvalue weighted by Crippen LogP contribution is 2.13. The molecule has 110 valence electrons. The van der Waals surface area contributed by atoms with Crippen molar-refractivity contribution in [2.45, 2.75) is 12.7 Å². The van der Waals surface area contributed by atoms with Crippen LogP contribution < -0.4 is 0 Å². The predicted octanol–water partition coefficient (Wildman–Crippen LogP) is 2.24. The standard InChI is InChI=1S/C14H18FNO3S/c1-10(14(18)19)7-16(2)13(17)9-20-8-11-3-5-12(15)6-4-11/h3-6,10H,7-9H2,1-2H3,(H,18,19). The number of halogens is 1. The van der Waals surface area contributed by atoms with Crippen LogP contribution in [0, 0.1) is 11.7 Å². The molecular formula is C14H18FNO3S. The third kappa shape index (κ3) is 5.61. The molecule has 0 heterocycles. The number of rotatable bonds is 7. The van der Waals surface area contributed by atoms with E-state index in [2.05, 4.69) is 0 Å². The summed E-state index contributed by atoms with van der Waals surface area (Å²) in [6.45, 7) is 1.77. The van der Waals surface area contributed by atoms with Crippen molar-refractivity contribution >= 4 is 23.6 Å². The number of benzene rings is 1. The zero-order valence-corrected chi connectivity index (χ0v) is 12.3. The predicted molar refractivity (Wildman–Crippen MR) is 77.0 cm³/mol. The molecule has 20 heavy (non-hydrogen) atoms. The average Bonchev–Trinajstić information content (AvgIpc) is 2.40. The minimum atomic E-state index is -0.913. The summed E-state index contributed by atoms with van der Waals surface area (Å²) >= 11 is 1.42. The Labute approximate surface area is 122 Å². The Hall–Kier alpha value is -1.56. The van der Waals surface area contributed by atoms with Gasteiger partial charge in [-0.15, -0.1) is 11.8 Å². The Morgan fingerprint density at radius 1 is 1.35 bits per heavy atom. The van der Waals surface area contributed by atoms with Gasteiger partial charge in [0, 0.05) is 19.3 Å². The van der Waals surface area contributed by atoms with Crippen LogP contribution in [0.4, 0.5) is 4.39 Å². The van der Waals surface area contributed by atoms with E-state index in [9.17, 15) is 14.0 Å². The second-order valence-electron chi connectivity index (χ2n) is 4.63. The van der Waals surface area contributed by atoms with E-state index in [0.717, 1.165) is 5.56 Å². The van der Waals surface area contributed by atoms with E-state index in [-0.39, 0.29) is 24.0 Å². The van der Waals surface area contributed by atoms with E-state index >= 15 is 0 Å². The Morgan fingerprint density at radius 3 is 2.50 bits per heavy atom. The van der Waals surface area contributed by atoms with E-state index in [4.69, 9.17) is 5.11 Å². The number of hydrogen-bond acceptors (Lipinski definition) is 3. The van der Waals surface area contributed by atoms with E-state index in [0.29, 0.717) is 5.75 Å². The van der Waals surface area contributed by atoms with Crippen LogP contribution in [0.3, 0.4) is 0 Å². The first-order valence-corrected chi connectivity index (χ1v) is 7.34. The van der Waals surface area contributed by atoms with Crippen molar-refractivity contribution in [3.05, 3.63) is 35.6 Å². The van der Waals surface area contributed by atoms with Gasteiger partial charge in [0.25, 0.3) is 0 Å². The summed E-state index contributed by atoms with van der Waals surface area (Å²) in [5.74, 6) is -0.980. The molecule has 1 rings (SSSR count). The van der Waals surface area contributed by atoms with Gasteiger partial charge in [0.05, 0.1) is 11.7 Å². The molecule has 1 N–H and O–H groups in total. The lowest BCUT2D eigenvalue weighted by molar-refractivity contribution is -0.142. The van der Waals surface area contributed by atoms with Crippen molar-refractivity contribution in [1.82, 2.24) is 4.90 Å². The fourth-order valence-corrected chi connectivity index (χ4v) is 2.46. The molecule has 1 aromatic carbocycles. The molecule has 6 heteroatoms. The molecule has 0 bridgehead atoms. The van der Waals surface area contributed by atoms with Crippen LogP contribution in [0.15, 0.2) is 24.3 Å². The molecular weight excluding hydrogens is 281 g/mol. The van der Waals surface area contributed by atoms with Gasteiger partial charge in [0.2, 0.25) is 5.91 Å². The summed E-state index contributed by atoms with van der Waals surface area (Å²) in [6, 6.07) is 6.14. The van der Waals surface area contributed by atoms with Crippen LogP contribution >= 0.6 is 11.8 Å². The fourth-order valence-electron chi connectivity index (χ4n) is 1.54. The maximum atomic E-state index is 12.7. The Kier molecular flexibility index (Phi) is 6.51. The molecule has 4 nitrogen and oxygen atoms in total. The average molecular weight is 299 g/mol. The van der Waals surface area contributed by atoms with Crippen LogP contribution in [-0.2, 0) is 15.3 Å². The van der Waals surface area contributed by atoms with Crippen LogP contribution in [0.25, 0.3) is 0 Å². The van der Waals surface area contributed by atoms with Gasteiger partial charge < -0.3 is 10.0 Å². The lowest BCUT2D eigenvalue weighted by Crippen LogP contribution is -2.34. The molecule has 0 spiro atoms. The summed E-state index contributed by atoms with van der Waals surface area (Å²) in [6.07, 6.45) is 0. The molecule has 0 aromatic heterocycles. The minimum Gasteiger partial charge on any atom is -0.481 e. The molecule has 1 amide bonds. The Morgan fingerprint density at radius 2 is 1.95 bits per heavy atom. The molecule has 1 unspecified atom stereocenters. The summed E-state index contributed by atoms with van der Waals surface area (Å²) in [4.78, 5) is 23.9. The van der Waals surface area contributed by atoms with Crippen molar-refractivity contribution in [1.29, 1.82) is 0 Å². The lowest BCUT2D eigenvalue weighted by atomic mass is 10.2. The van der Waals surface area contributed by atoms with Gasteiger partial charge in [-0.3, -0.25) is 9.59 Å². The Bertz CT molecular complexity index is 464. The van der Waals surface area contributed by atoms with Gasteiger partial charge in [-0.05, 0) is 17.7 Å². The maximum absolute atomic E-state index is 12.7. The number of hydrogen-bond donors (Lipinski definition) is 1. The van der Waals surface area contributed by atoms with Gasteiger partial charge in [-0.2, -0.15) is 0 Å². The van der Waals surface area contributed by atoms with Crippen molar-refractivity contribution in [3.8, 4) is 0 Å². The van der Waals surface area contributed by atoms with Gasteiger partial charge in [-0.25, -0.2) is 4.39 Å². The topological polar surface area (TPSA) is 57.6 Å². The molecule has 0 aliphatic carbocycles. The zero-order valence-electron chi connectivity index (χ0n) is 11.5. The molecule has 0 saturated carbocycles. The highest BCUT2D eigenvalue weighted by Gasteiger charge is 2.17. The molecule has 1 atom stereocenters. The molecule has 0 saturated heterocycles. The third-order valence-corrected chi connectivity index (χ3v) is 3.79. The van der Waals surface area contributed by atoms with Crippen LogP contribution in [0.1, 0.15) is 12.5 Å². The van der Waals surface area contributed by atoms with E-state index in [1.807, 2.05) is 0 Å². The van der Waals surface area contributed by atoms with Gasteiger partial charge in [-0.1, -0.05) is 19.1 Å². The van der Waals surface area contributed by atoms with E-state index in [1.54, 1.807) is 26.1 Å². The van der Waals surface area contributed by atoms with Crippen LogP contribution in [0.2, 0.25) is 0 Å². The van der Waals surface area contributed by atoms with Crippen molar-refractivity contribution in [2.24, 2.45) is 5.92 Å². The number of carbonyl (C=O) groups is 2. The molecule has 0 radical (unpaired) electrons. The summed E-state index contributed by atoms with van der Waals surface area (Å²) < 4.78 is 12.7. The number of carbonyl (C=O) groups excluding carboxylic acids is 1.